The summed E-state index contributed by atoms with van der Waals surface area (Å²) in [5.74, 6) is 0.147. The summed E-state index contributed by atoms with van der Waals surface area (Å²) in [6.07, 6.45) is 4.44. The van der Waals surface area contributed by atoms with E-state index in [1.807, 2.05) is 11.7 Å². The van der Waals surface area contributed by atoms with Crippen molar-refractivity contribution >= 4 is 5.91 Å². The maximum Gasteiger partial charge on any atom is 0.220 e. The molecule has 0 atom stereocenters. The molecule has 1 aromatic heterocycles. The first-order valence-electron chi connectivity index (χ1n) is 6.65. The second-order valence-electron chi connectivity index (χ2n) is 5.14. The first-order chi connectivity index (χ1) is 8.74. The molecule has 1 aromatic rings. The summed E-state index contributed by atoms with van der Waals surface area (Å²) in [4.78, 5) is 11.7. The SMILES string of the molecule is Cn1nc(CCC(=O)NC2CC2)c2c1CCOC2. The smallest absolute Gasteiger partial charge is 0.220 e. The molecule has 1 aliphatic carbocycles. The van der Waals surface area contributed by atoms with Crippen LogP contribution in [0.2, 0.25) is 0 Å². The van der Waals surface area contributed by atoms with Crippen LogP contribution in [0, 0.1) is 0 Å². The molecular formula is C13H19N3O2. The molecule has 18 heavy (non-hydrogen) atoms. The standard InChI is InChI=1S/C13H19N3O2/c1-16-12-6-7-18-8-10(12)11(15-16)4-5-13(17)14-9-2-3-9/h9H,2-8H2,1H3,(H,14,17). The summed E-state index contributed by atoms with van der Waals surface area (Å²) in [7, 11) is 1.97. The molecule has 0 unspecified atom stereocenters. The molecule has 1 N–H and O–H groups in total. The van der Waals surface area contributed by atoms with Gasteiger partial charge in [-0.25, -0.2) is 0 Å². The minimum atomic E-state index is 0.147. The van der Waals surface area contributed by atoms with E-state index in [4.69, 9.17) is 4.74 Å². The molecule has 1 fully saturated rings. The summed E-state index contributed by atoms with van der Waals surface area (Å²) in [5.41, 5.74) is 3.49. The van der Waals surface area contributed by atoms with E-state index in [2.05, 4.69) is 10.4 Å². The lowest BCUT2D eigenvalue weighted by Gasteiger charge is -2.13. The van der Waals surface area contributed by atoms with Crippen LogP contribution in [0.3, 0.4) is 0 Å². The fraction of sp³-hybridized carbons (Fsp3) is 0.692. The Balaban J connectivity index is 1.63. The Hall–Kier alpha value is -1.36. The molecule has 0 saturated heterocycles. The number of carbonyl (C=O) groups excluding carboxylic acids is 1. The molecule has 5 heteroatoms. The number of rotatable bonds is 4. The second-order valence-corrected chi connectivity index (χ2v) is 5.14. The van der Waals surface area contributed by atoms with Gasteiger partial charge in [-0.15, -0.1) is 0 Å². The van der Waals surface area contributed by atoms with Gasteiger partial charge in [0.1, 0.15) is 0 Å². The van der Waals surface area contributed by atoms with E-state index in [1.165, 1.54) is 11.3 Å². The largest absolute Gasteiger partial charge is 0.376 e. The summed E-state index contributed by atoms with van der Waals surface area (Å²) in [6.45, 7) is 1.41. The zero-order valence-electron chi connectivity index (χ0n) is 10.7. The van der Waals surface area contributed by atoms with Crippen molar-refractivity contribution in [2.45, 2.75) is 44.8 Å². The first kappa shape index (κ1) is 11.7. The van der Waals surface area contributed by atoms with Crippen LogP contribution in [-0.4, -0.2) is 28.3 Å². The van der Waals surface area contributed by atoms with E-state index in [-0.39, 0.29) is 5.91 Å². The van der Waals surface area contributed by atoms with Crippen molar-refractivity contribution in [3.63, 3.8) is 0 Å². The number of fused-ring (bicyclic) bond motifs is 1. The number of ether oxygens (including phenoxy) is 1. The zero-order valence-corrected chi connectivity index (χ0v) is 10.7. The Morgan fingerprint density at radius 2 is 2.39 bits per heavy atom. The molecule has 0 bridgehead atoms. The summed E-state index contributed by atoms with van der Waals surface area (Å²) < 4.78 is 7.41. The van der Waals surface area contributed by atoms with E-state index in [0.29, 0.717) is 25.5 Å². The molecule has 5 nitrogen and oxygen atoms in total. The Labute approximate surface area is 107 Å². The molecule has 98 valence electrons. The van der Waals surface area contributed by atoms with E-state index in [1.54, 1.807) is 0 Å². The van der Waals surface area contributed by atoms with Crippen LogP contribution >= 0.6 is 0 Å². The van der Waals surface area contributed by atoms with E-state index in [0.717, 1.165) is 31.6 Å². The number of nitrogens with zero attached hydrogens (tertiary/aromatic N) is 2. The lowest BCUT2D eigenvalue weighted by molar-refractivity contribution is -0.121. The zero-order chi connectivity index (χ0) is 12.5. The number of carbonyl (C=O) groups is 1. The first-order valence-corrected chi connectivity index (χ1v) is 6.65. The van der Waals surface area contributed by atoms with Crippen LogP contribution in [0.25, 0.3) is 0 Å². The number of nitrogens with one attached hydrogen (secondary N) is 1. The fourth-order valence-electron chi connectivity index (χ4n) is 2.45. The number of aryl methyl sites for hydroxylation is 2. The maximum atomic E-state index is 11.7. The second kappa shape index (κ2) is 4.72. The third kappa shape index (κ3) is 2.41. The lowest BCUT2D eigenvalue weighted by atomic mass is 10.1. The highest BCUT2D eigenvalue weighted by atomic mass is 16.5. The van der Waals surface area contributed by atoms with Crippen LogP contribution in [-0.2, 0) is 36.0 Å². The van der Waals surface area contributed by atoms with Crippen LogP contribution in [0.15, 0.2) is 0 Å². The van der Waals surface area contributed by atoms with Gasteiger partial charge in [-0.3, -0.25) is 9.48 Å². The van der Waals surface area contributed by atoms with Gasteiger partial charge < -0.3 is 10.1 Å². The molecule has 1 aliphatic heterocycles. The minimum Gasteiger partial charge on any atom is -0.376 e. The number of aromatic nitrogens is 2. The molecule has 2 aliphatic rings. The topological polar surface area (TPSA) is 56.2 Å². The van der Waals surface area contributed by atoms with Crippen molar-refractivity contribution in [3.05, 3.63) is 17.0 Å². The molecule has 1 saturated carbocycles. The highest BCUT2D eigenvalue weighted by Crippen LogP contribution is 2.22. The Morgan fingerprint density at radius 3 is 3.17 bits per heavy atom. The average molecular weight is 249 g/mol. The normalized spacial score (nSPS) is 18.5. The minimum absolute atomic E-state index is 0.147. The van der Waals surface area contributed by atoms with Crippen molar-refractivity contribution in [1.29, 1.82) is 0 Å². The third-order valence-electron chi connectivity index (χ3n) is 3.62. The van der Waals surface area contributed by atoms with Gasteiger partial charge in [0.25, 0.3) is 0 Å². The van der Waals surface area contributed by atoms with Crippen molar-refractivity contribution in [2.75, 3.05) is 6.61 Å². The van der Waals surface area contributed by atoms with Crippen LogP contribution < -0.4 is 5.32 Å². The average Bonchev–Trinajstić information content (AvgIpc) is 3.12. The highest BCUT2D eigenvalue weighted by molar-refractivity contribution is 5.76. The van der Waals surface area contributed by atoms with Crippen molar-refractivity contribution in [3.8, 4) is 0 Å². The maximum absolute atomic E-state index is 11.7. The van der Waals surface area contributed by atoms with Crippen LogP contribution in [0.5, 0.6) is 0 Å². The molecule has 0 radical (unpaired) electrons. The molecule has 2 heterocycles. The van der Waals surface area contributed by atoms with Gasteiger partial charge in [0, 0.05) is 43.6 Å². The van der Waals surface area contributed by atoms with E-state index < -0.39 is 0 Å². The quantitative estimate of drug-likeness (QED) is 0.854. The van der Waals surface area contributed by atoms with Crippen molar-refractivity contribution in [1.82, 2.24) is 15.1 Å². The summed E-state index contributed by atoms with van der Waals surface area (Å²) >= 11 is 0. The lowest BCUT2D eigenvalue weighted by Crippen LogP contribution is -2.25. The van der Waals surface area contributed by atoms with Crippen LogP contribution in [0.4, 0.5) is 0 Å². The molecule has 0 spiro atoms. The monoisotopic (exact) mass is 249 g/mol. The Kier molecular flexibility index (Phi) is 3.07. The van der Waals surface area contributed by atoms with Gasteiger partial charge in [0.05, 0.1) is 18.9 Å². The predicted molar refractivity (Wildman–Crippen MR) is 66.1 cm³/mol. The summed E-state index contributed by atoms with van der Waals surface area (Å²) in [5, 5.41) is 7.52. The number of amides is 1. The molecule has 0 aromatic carbocycles. The number of hydrogen-bond acceptors (Lipinski definition) is 3. The molecule has 1 amide bonds. The van der Waals surface area contributed by atoms with E-state index in [9.17, 15) is 4.79 Å². The highest BCUT2D eigenvalue weighted by Gasteiger charge is 2.24. The van der Waals surface area contributed by atoms with Gasteiger partial charge >= 0.3 is 0 Å². The van der Waals surface area contributed by atoms with Crippen molar-refractivity contribution < 1.29 is 9.53 Å². The van der Waals surface area contributed by atoms with Crippen LogP contribution in [0.1, 0.15) is 36.2 Å². The molecule has 3 rings (SSSR count). The van der Waals surface area contributed by atoms with Gasteiger partial charge in [-0.1, -0.05) is 0 Å². The summed E-state index contributed by atoms with van der Waals surface area (Å²) in [6, 6.07) is 0.443. The van der Waals surface area contributed by atoms with Gasteiger partial charge in [-0.2, -0.15) is 5.10 Å². The van der Waals surface area contributed by atoms with Gasteiger partial charge in [0.2, 0.25) is 5.91 Å². The molecular weight excluding hydrogens is 230 g/mol. The number of hydrogen-bond donors (Lipinski definition) is 1. The third-order valence-corrected chi connectivity index (χ3v) is 3.62. The fourth-order valence-corrected chi connectivity index (χ4v) is 2.45. The van der Waals surface area contributed by atoms with E-state index >= 15 is 0 Å². The Morgan fingerprint density at radius 1 is 1.56 bits per heavy atom. The van der Waals surface area contributed by atoms with Gasteiger partial charge in [-0.05, 0) is 12.8 Å². The Bertz CT molecular complexity index is 463. The van der Waals surface area contributed by atoms with Crippen molar-refractivity contribution in [2.24, 2.45) is 7.05 Å². The predicted octanol–water partition coefficient (Wildman–Crippen LogP) is 0.704. The van der Waals surface area contributed by atoms with Gasteiger partial charge in [0.15, 0.2) is 0 Å².